The summed E-state index contributed by atoms with van der Waals surface area (Å²) in [5.41, 5.74) is 1.58. The molecule has 1 aliphatic heterocycles. The molecule has 0 radical (unpaired) electrons. The molecule has 1 aromatic carbocycles. The second-order valence-electron chi connectivity index (χ2n) is 6.59. The molecule has 6 heteroatoms. The van der Waals surface area contributed by atoms with Crippen molar-refractivity contribution in [3.05, 3.63) is 29.2 Å². The fraction of sp³-hybridized carbons (Fsp3) is 0.700. The highest BCUT2D eigenvalue weighted by atomic mass is 16.6. The van der Waals surface area contributed by atoms with Crippen LogP contribution in [-0.4, -0.2) is 45.8 Å². The van der Waals surface area contributed by atoms with Crippen molar-refractivity contribution in [3.8, 4) is 0 Å². The van der Waals surface area contributed by atoms with Gasteiger partial charge in [0.25, 0.3) is 0 Å². The average Bonchev–Trinajstić information content (AvgIpc) is 2.70. The first kappa shape index (κ1) is 20.6. The fourth-order valence-corrected chi connectivity index (χ4v) is 3.05. The Labute approximate surface area is 157 Å². The van der Waals surface area contributed by atoms with Gasteiger partial charge in [-0.15, -0.1) is 0 Å². The minimum absolute atomic E-state index is 0.113. The molecular formula is C20H32N3O3+. The summed E-state index contributed by atoms with van der Waals surface area (Å²) < 4.78 is 17.2. The molecule has 0 spiro atoms. The van der Waals surface area contributed by atoms with Crippen LogP contribution in [-0.2, 0) is 14.2 Å². The van der Waals surface area contributed by atoms with Gasteiger partial charge in [-0.1, -0.05) is 39.0 Å². The molecule has 1 saturated heterocycles. The van der Waals surface area contributed by atoms with Crippen LogP contribution in [0.4, 0.5) is 11.4 Å². The molecule has 0 aliphatic carbocycles. The Kier molecular flexibility index (Phi) is 10.0. The Morgan fingerprint density at radius 3 is 2.62 bits per heavy atom. The van der Waals surface area contributed by atoms with Crippen molar-refractivity contribution >= 4 is 11.4 Å². The summed E-state index contributed by atoms with van der Waals surface area (Å²) in [4.78, 5) is 5.37. The lowest BCUT2D eigenvalue weighted by Gasteiger charge is -2.36. The third-order valence-electron chi connectivity index (χ3n) is 4.56. The molecule has 1 unspecified atom stereocenters. The van der Waals surface area contributed by atoms with Crippen molar-refractivity contribution in [2.24, 2.45) is 0 Å². The molecule has 1 heterocycles. The van der Waals surface area contributed by atoms with Crippen LogP contribution in [0.1, 0.15) is 45.4 Å². The third-order valence-corrected chi connectivity index (χ3v) is 4.56. The Bertz CT molecular complexity index is 530. The van der Waals surface area contributed by atoms with Gasteiger partial charge in [-0.3, -0.25) is 0 Å². The summed E-state index contributed by atoms with van der Waals surface area (Å²) in [7, 11) is 0. The molecule has 0 aromatic heterocycles. The average molecular weight is 362 g/mol. The summed E-state index contributed by atoms with van der Waals surface area (Å²) in [5.74, 6) is 0. The smallest absolute Gasteiger partial charge is 0.379 e. The lowest BCUT2D eigenvalue weighted by molar-refractivity contribution is -0.0571. The number of diazo groups is 1. The maximum atomic E-state index is 8.80. The van der Waals surface area contributed by atoms with E-state index in [2.05, 4.69) is 16.8 Å². The van der Waals surface area contributed by atoms with Crippen molar-refractivity contribution in [1.29, 1.82) is 5.39 Å². The maximum absolute atomic E-state index is 8.80. The standard InChI is InChI=1S/C20H32N3O3/c1-2-3-4-5-6-7-13-24-15-16-26-20-17-25-14-12-23(20)19-10-8-18(22-21)9-11-19/h8-11,20H,2-7,12-17H2,1H3/q+1. The van der Waals surface area contributed by atoms with E-state index >= 15 is 0 Å². The van der Waals surface area contributed by atoms with Crippen LogP contribution in [0.2, 0.25) is 0 Å². The number of morpholine rings is 1. The Morgan fingerprint density at radius 2 is 1.85 bits per heavy atom. The maximum Gasteiger partial charge on any atom is 0.385 e. The molecule has 1 aliphatic rings. The van der Waals surface area contributed by atoms with Gasteiger partial charge in [-0.25, -0.2) is 0 Å². The molecule has 1 aromatic rings. The van der Waals surface area contributed by atoms with Crippen LogP contribution in [0.3, 0.4) is 0 Å². The highest BCUT2D eigenvalue weighted by molar-refractivity contribution is 5.55. The second-order valence-corrected chi connectivity index (χ2v) is 6.59. The van der Waals surface area contributed by atoms with Gasteiger partial charge in [0.15, 0.2) is 11.2 Å². The summed E-state index contributed by atoms with van der Waals surface area (Å²) in [6.45, 7) is 6.23. The molecule has 1 fully saturated rings. The second kappa shape index (κ2) is 12.6. The first-order valence-corrected chi connectivity index (χ1v) is 9.84. The van der Waals surface area contributed by atoms with E-state index < -0.39 is 0 Å². The number of nitrogens with zero attached hydrogens (tertiary/aromatic N) is 3. The van der Waals surface area contributed by atoms with E-state index in [0.29, 0.717) is 32.1 Å². The zero-order chi connectivity index (χ0) is 18.5. The molecule has 6 nitrogen and oxygen atoms in total. The SMILES string of the molecule is CCCCCCCCOCCOC1COCCN1c1ccc([N+]#N)cc1. The lowest BCUT2D eigenvalue weighted by atomic mass is 10.1. The molecule has 0 amide bonds. The van der Waals surface area contributed by atoms with Gasteiger partial charge in [-0.2, -0.15) is 0 Å². The highest BCUT2D eigenvalue weighted by Gasteiger charge is 2.24. The van der Waals surface area contributed by atoms with Crippen molar-refractivity contribution in [2.45, 2.75) is 51.7 Å². The van der Waals surface area contributed by atoms with Gasteiger partial charge in [0.2, 0.25) is 5.39 Å². The van der Waals surface area contributed by atoms with E-state index in [1.165, 1.54) is 32.1 Å². The first-order valence-electron chi connectivity index (χ1n) is 9.84. The highest BCUT2D eigenvalue weighted by Crippen LogP contribution is 2.23. The summed E-state index contributed by atoms with van der Waals surface area (Å²) in [6, 6.07) is 7.44. The van der Waals surface area contributed by atoms with Gasteiger partial charge in [0, 0.05) is 31.0 Å². The molecule has 1 atom stereocenters. The van der Waals surface area contributed by atoms with E-state index in [4.69, 9.17) is 19.6 Å². The molecule has 26 heavy (non-hydrogen) atoms. The number of hydrogen-bond acceptors (Lipinski definition) is 5. The summed E-state index contributed by atoms with van der Waals surface area (Å²) in [6.07, 6.45) is 7.54. The number of hydrogen-bond donors (Lipinski definition) is 0. The number of benzene rings is 1. The largest absolute Gasteiger partial charge is 0.385 e. The number of unbranched alkanes of at least 4 members (excludes halogenated alkanes) is 5. The summed E-state index contributed by atoms with van der Waals surface area (Å²) in [5, 5.41) is 8.80. The number of anilines is 1. The fourth-order valence-electron chi connectivity index (χ4n) is 3.05. The summed E-state index contributed by atoms with van der Waals surface area (Å²) >= 11 is 0. The van der Waals surface area contributed by atoms with E-state index in [0.717, 1.165) is 25.3 Å². The van der Waals surface area contributed by atoms with Gasteiger partial charge < -0.3 is 19.1 Å². The zero-order valence-electron chi connectivity index (χ0n) is 15.9. The minimum Gasteiger partial charge on any atom is -0.379 e. The predicted octanol–water partition coefficient (Wildman–Crippen LogP) is 4.73. The molecule has 144 valence electrons. The van der Waals surface area contributed by atoms with Crippen molar-refractivity contribution in [3.63, 3.8) is 0 Å². The topological polar surface area (TPSA) is 59.1 Å². The van der Waals surface area contributed by atoms with E-state index in [-0.39, 0.29) is 6.23 Å². The van der Waals surface area contributed by atoms with E-state index in [1.54, 1.807) is 12.1 Å². The number of rotatable bonds is 12. The lowest BCUT2D eigenvalue weighted by Crippen LogP contribution is -2.47. The van der Waals surface area contributed by atoms with Crippen molar-refractivity contribution in [1.82, 2.24) is 0 Å². The van der Waals surface area contributed by atoms with Crippen molar-refractivity contribution < 1.29 is 14.2 Å². The molecule has 0 bridgehead atoms. The van der Waals surface area contributed by atoms with Crippen LogP contribution < -0.4 is 4.90 Å². The van der Waals surface area contributed by atoms with Gasteiger partial charge in [-0.05, 0) is 18.6 Å². The molecule has 0 N–H and O–H groups in total. The van der Waals surface area contributed by atoms with Crippen molar-refractivity contribution in [2.75, 3.05) is 44.5 Å². The molecular weight excluding hydrogens is 330 g/mol. The van der Waals surface area contributed by atoms with Crippen LogP contribution in [0.25, 0.3) is 4.98 Å². The molecule has 2 rings (SSSR count). The van der Waals surface area contributed by atoms with E-state index in [9.17, 15) is 0 Å². The minimum atomic E-state index is -0.113. The third kappa shape index (κ3) is 7.28. The first-order chi connectivity index (χ1) is 12.8. The van der Waals surface area contributed by atoms with Crippen LogP contribution in [0.15, 0.2) is 24.3 Å². The Hall–Kier alpha value is -1.68. The van der Waals surface area contributed by atoms with Crippen LogP contribution in [0.5, 0.6) is 0 Å². The Balaban J connectivity index is 1.63. The monoisotopic (exact) mass is 362 g/mol. The quantitative estimate of drug-likeness (QED) is 0.397. The van der Waals surface area contributed by atoms with Crippen LogP contribution >= 0.6 is 0 Å². The molecule has 0 saturated carbocycles. The van der Waals surface area contributed by atoms with Gasteiger partial charge in [0.1, 0.15) is 0 Å². The van der Waals surface area contributed by atoms with Gasteiger partial charge >= 0.3 is 5.69 Å². The number of ether oxygens (including phenoxy) is 3. The van der Waals surface area contributed by atoms with E-state index in [1.807, 2.05) is 12.1 Å². The normalized spacial score (nSPS) is 17.2. The Morgan fingerprint density at radius 1 is 1.08 bits per heavy atom. The predicted molar refractivity (Wildman–Crippen MR) is 103 cm³/mol. The van der Waals surface area contributed by atoms with Gasteiger partial charge in [0.05, 0.1) is 26.4 Å². The zero-order valence-corrected chi connectivity index (χ0v) is 15.9. The van der Waals surface area contributed by atoms with Crippen LogP contribution in [0, 0.1) is 5.39 Å².